The number of aliphatic carboxylic acids is 1. The number of carboxylic acids is 1. The SMILES string of the molecule is CC(C)C(C(=O)O)N1C(=O)c2ccccc2/C1=C\c1ccccc1. The molecule has 4 heteroatoms. The van der Waals surface area contributed by atoms with E-state index in [1.807, 2.05) is 62.4 Å². The second-order valence-electron chi connectivity index (χ2n) is 6.19. The van der Waals surface area contributed by atoms with Crippen LogP contribution in [0.1, 0.15) is 35.3 Å². The van der Waals surface area contributed by atoms with Crippen molar-refractivity contribution in [3.8, 4) is 0 Å². The predicted octanol–water partition coefficient (Wildman–Crippen LogP) is 3.75. The van der Waals surface area contributed by atoms with Gasteiger partial charge in [-0.1, -0.05) is 62.4 Å². The summed E-state index contributed by atoms with van der Waals surface area (Å²) in [7, 11) is 0. The van der Waals surface area contributed by atoms with Crippen LogP contribution in [0.3, 0.4) is 0 Å². The molecule has 24 heavy (non-hydrogen) atoms. The van der Waals surface area contributed by atoms with Crippen molar-refractivity contribution in [2.75, 3.05) is 0 Å². The summed E-state index contributed by atoms with van der Waals surface area (Å²) in [4.78, 5) is 26.1. The second kappa shape index (κ2) is 6.32. The van der Waals surface area contributed by atoms with E-state index >= 15 is 0 Å². The molecule has 0 aliphatic carbocycles. The van der Waals surface area contributed by atoms with E-state index in [0.29, 0.717) is 11.3 Å². The zero-order chi connectivity index (χ0) is 17.3. The number of carbonyl (C=O) groups excluding carboxylic acids is 1. The van der Waals surface area contributed by atoms with Gasteiger partial charge < -0.3 is 5.11 Å². The number of benzene rings is 2. The van der Waals surface area contributed by atoms with Crippen molar-refractivity contribution in [2.45, 2.75) is 19.9 Å². The number of nitrogens with zero attached hydrogens (tertiary/aromatic N) is 1. The minimum Gasteiger partial charge on any atom is -0.480 e. The van der Waals surface area contributed by atoms with Gasteiger partial charge in [-0.25, -0.2) is 4.79 Å². The first-order valence-electron chi connectivity index (χ1n) is 7.93. The topological polar surface area (TPSA) is 57.6 Å². The Kier molecular flexibility index (Phi) is 4.21. The lowest BCUT2D eigenvalue weighted by molar-refractivity contribution is -0.142. The third-order valence-corrected chi connectivity index (χ3v) is 4.18. The predicted molar refractivity (Wildman–Crippen MR) is 93.2 cm³/mol. The first-order chi connectivity index (χ1) is 11.5. The van der Waals surface area contributed by atoms with Gasteiger partial charge in [0.1, 0.15) is 6.04 Å². The Labute approximate surface area is 141 Å². The summed E-state index contributed by atoms with van der Waals surface area (Å²) in [6.45, 7) is 3.63. The van der Waals surface area contributed by atoms with Crippen LogP contribution in [0.2, 0.25) is 0 Å². The van der Waals surface area contributed by atoms with Gasteiger partial charge in [-0.05, 0) is 23.6 Å². The Bertz CT molecular complexity index is 809. The maximum absolute atomic E-state index is 12.9. The average molecular weight is 321 g/mol. The number of rotatable bonds is 4. The molecule has 2 aromatic rings. The monoisotopic (exact) mass is 321 g/mol. The van der Waals surface area contributed by atoms with Crippen molar-refractivity contribution in [2.24, 2.45) is 5.92 Å². The molecule has 1 unspecified atom stereocenters. The van der Waals surface area contributed by atoms with Gasteiger partial charge in [-0.2, -0.15) is 0 Å². The summed E-state index contributed by atoms with van der Waals surface area (Å²) in [6, 6.07) is 16.0. The van der Waals surface area contributed by atoms with Crippen LogP contribution in [-0.4, -0.2) is 27.9 Å². The smallest absolute Gasteiger partial charge is 0.327 e. The molecular formula is C20H19NO3. The molecule has 0 saturated heterocycles. The minimum atomic E-state index is -0.995. The highest BCUT2D eigenvalue weighted by molar-refractivity contribution is 6.13. The van der Waals surface area contributed by atoms with Crippen molar-refractivity contribution < 1.29 is 14.7 Å². The van der Waals surface area contributed by atoms with Crippen LogP contribution >= 0.6 is 0 Å². The van der Waals surface area contributed by atoms with Crippen LogP contribution in [0, 0.1) is 5.92 Å². The highest BCUT2D eigenvalue weighted by atomic mass is 16.4. The van der Waals surface area contributed by atoms with Crippen LogP contribution in [0.4, 0.5) is 0 Å². The summed E-state index contributed by atoms with van der Waals surface area (Å²) in [6.07, 6.45) is 1.88. The maximum atomic E-state index is 12.9. The summed E-state index contributed by atoms with van der Waals surface area (Å²) in [5, 5.41) is 9.66. The fraction of sp³-hybridized carbons (Fsp3) is 0.200. The molecule has 0 aromatic heterocycles. The molecule has 0 spiro atoms. The lowest BCUT2D eigenvalue weighted by atomic mass is 10.0. The molecule has 1 aliphatic heterocycles. The van der Waals surface area contributed by atoms with E-state index in [1.54, 1.807) is 12.1 Å². The van der Waals surface area contributed by atoms with Gasteiger partial charge in [-0.3, -0.25) is 9.69 Å². The van der Waals surface area contributed by atoms with E-state index < -0.39 is 12.0 Å². The van der Waals surface area contributed by atoms with Crippen LogP contribution in [0.5, 0.6) is 0 Å². The van der Waals surface area contributed by atoms with Crippen LogP contribution in [0.15, 0.2) is 54.6 Å². The van der Waals surface area contributed by atoms with Crippen molar-refractivity contribution in [1.29, 1.82) is 0 Å². The number of amides is 1. The third-order valence-electron chi connectivity index (χ3n) is 4.18. The van der Waals surface area contributed by atoms with Crippen molar-refractivity contribution >= 4 is 23.6 Å². The molecule has 0 saturated carbocycles. The van der Waals surface area contributed by atoms with Gasteiger partial charge in [0.15, 0.2) is 0 Å². The van der Waals surface area contributed by atoms with Gasteiger partial charge >= 0.3 is 5.97 Å². The minimum absolute atomic E-state index is 0.208. The Morgan fingerprint density at radius 3 is 2.17 bits per heavy atom. The van der Waals surface area contributed by atoms with Crippen LogP contribution in [0.25, 0.3) is 11.8 Å². The summed E-state index contributed by atoms with van der Waals surface area (Å²) >= 11 is 0. The lowest BCUT2D eigenvalue weighted by Crippen LogP contribution is -2.44. The van der Waals surface area contributed by atoms with E-state index in [0.717, 1.165) is 11.1 Å². The van der Waals surface area contributed by atoms with E-state index in [2.05, 4.69) is 0 Å². The summed E-state index contributed by atoms with van der Waals surface area (Å²) in [5.74, 6) is -1.46. The largest absolute Gasteiger partial charge is 0.480 e. The maximum Gasteiger partial charge on any atom is 0.327 e. The molecule has 1 aliphatic rings. The molecule has 1 atom stereocenters. The molecule has 1 heterocycles. The van der Waals surface area contributed by atoms with Gasteiger partial charge in [0.05, 0.1) is 5.70 Å². The van der Waals surface area contributed by atoms with Gasteiger partial charge in [0, 0.05) is 11.1 Å². The van der Waals surface area contributed by atoms with Gasteiger partial charge in [-0.15, -0.1) is 0 Å². The highest BCUT2D eigenvalue weighted by Gasteiger charge is 2.41. The van der Waals surface area contributed by atoms with Crippen LogP contribution < -0.4 is 0 Å². The standard InChI is InChI=1S/C20H19NO3/c1-13(2)18(20(23)24)21-17(12-14-8-4-3-5-9-14)15-10-6-7-11-16(15)19(21)22/h3-13,18H,1-2H3,(H,23,24)/b17-12+. The first kappa shape index (κ1) is 16.0. The molecule has 0 fully saturated rings. The molecule has 4 nitrogen and oxygen atoms in total. The van der Waals surface area contributed by atoms with Crippen molar-refractivity contribution in [3.63, 3.8) is 0 Å². The molecule has 0 radical (unpaired) electrons. The normalized spacial score (nSPS) is 16.5. The second-order valence-corrected chi connectivity index (χ2v) is 6.19. The fourth-order valence-corrected chi connectivity index (χ4v) is 3.09. The molecule has 122 valence electrons. The van der Waals surface area contributed by atoms with Crippen molar-refractivity contribution in [3.05, 3.63) is 71.3 Å². The molecular weight excluding hydrogens is 302 g/mol. The number of hydrogen-bond donors (Lipinski definition) is 1. The Hall–Kier alpha value is -2.88. The average Bonchev–Trinajstić information content (AvgIpc) is 2.82. The Morgan fingerprint density at radius 1 is 1.00 bits per heavy atom. The fourth-order valence-electron chi connectivity index (χ4n) is 3.09. The first-order valence-corrected chi connectivity index (χ1v) is 7.93. The van der Waals surface area contributed by atoms with Gasteiger partial charge in [0.2, 0.25) is 0 Å². The summed E-state index contributed by atoms with van der Waals surface area (Å²) < 4.78 is 0. The van der Waals surface area contributed by atoms with Crippen molar-refractivity contribution in [1.82, 2.24) is 4.90 Å². The zero-order valence-electron chi connectivity index (χ0n) is 13.6. The van der Waals surface area contributed by atoms with E-state index in [-0.39, 0.29) is 11.8 Å². The molecule has 2 aromatic carbocycles. The number of hydrogen-bond acceptors (Lipinski definition) is 2. The van der Waals surface area contributed by atoms with Crippen LogP contribution in [-0.2, 0) is 4.79 Å². The zero-order valence-corrected chi connectivity index (χ0v) is 13.6. The van der Waals surface area contributed by atoms with E-state index in [1.165, 1.54) is 4.90 Å². The quantitative estimate of drug-likeness (QED) is 0.933. The van der Waals surface area contributed by atoms with E-state index in [4.69, 9.17) is 0 Å². The lowest BCUT2D eigenvalue weighted by Gasteiger charge is -2.28. The Morgan fingerprint density at radius 2 is 1.58 bits per heavy atom. The highest BCUT2D eigenvalue weighted by Crippen LogP contribution is 2.37. The summed E-state index contributed by atoms with van der Waals surface area (Å²) in [5.41, 5.74) is 2.89. The van der Waals surface area contributed by atoms with E-state index in [9.17, 15) is 14.7 Å². The molecule has 1 N–H and O–H groups in total. The number of carbonyl (C=O) groups is 2. The Balaban J connectivity index is 2.18. The third kappa shape index (κ3) is 2.71. The number of carboxylic acid groups (broad SMARTS) is 1. The molecule has 3 rings (SSSR count). The molecule has 1 amide bonds. The van der Waals surface area contributed by atoms with Gasteiger partial charge in [0.25, 0.3) is 5.91 Å². The number of fused-ring (bicyclic) bond motifs is 1. The molecule has 0 bridgehead atoms.